The van der Waals surface area contributed by atoms with Crippen LogP contribution in [0.1, 0.15) is 77.0 Å². The predicted molar refractivity (Wildman–Crippen MR) is 76.5 cm³/mol. The molecule has 0 amide bonds. The number of hydrogen-bond donors (Lipinski definition) is 0. The van der Waals surface area contributed by atoms with Gasteiger partial charge in [0.15, 0.2) is 0 Å². The molecule has 3 fully saturated rings. The van der Waals surface area contributed by atoms with E-state index in [0.29, 0.717) is 0 Å². The summed E-state index contributed by atoms with van der Waals surface area (Å²) in [6.07, 6.45) is 14.0. The van der Waals surface area contributed by atoms with E-state index in [2.05, 4.69) is 0 Å². The van der Waals surface area contributed by atoms with Crippen LogP contribution in [0.4, 0.5) is 0 Å². The molecule has 19 heavy (non-hydrogen) atoms. The zero-order valence-electron chi connectivity index (χ0n) is 11.9. The van der Waals surface area contributed by atoms with E-state index < -0.39 is 7.60 Å². The van der Waals surface area contributed by atoms with Crippen molar-refractivity contribution in [2.75, 3.05) is 0 Å². The maximum absolute atomic E-state index is 13.3. The lowest BCUT2D eigenvalue weighted by atomic mass is 10.3. The van der Waals surface area contributed by atoms with Crippen LogP contribution in [0.25, 0.3) is 0 Å². The molecular formula is C15H27O3P. The summed E-state index contributed by atoms with van der Waals surface area (Å²) in [5.74, 6) is 0. The highest BCUT2D eigenvalue weighted by molar-refractivity contribution is 7.54. The van der Waals surface area contributed by atoms with E-state index >= 15 is 0 Å². The summed E-state index contributed by atoms with van der Waals surface area (Å²) >= 11 is 0. The lowest BCUT2D eigenvalue weighted by Crippen LogP contribution is -2.18. The van der Waals surface area contributed by atoms with Crippen molar-refractivity contribution >= 4 is 7.60 Å². The minimum Gasteiger partial charge on any atom is -0.305 e. The van der Waals surface area contributed by atoms with Crippen LogP contribution in [0.3, 0.4) is 0 Å². The van der Waals surface area contributed by atoms with E-state index in [1.54, 1.807) is 0 Å². The van der Waals surface area contributed by atoms with Gasteiger partial charge in [0.25, 0.3) is 0 Å². The third kappa shape index (κ3) is 3.43. The smallest absolute Gasteiger partial charge is 0.305 e. The molecule has 0 heterocycles. The lowest BCUT2D eigenvalue weighted by Gasteiger charge is -2.29. The lowest BCUT2D eigenvalue weighted by molar-refractivity contribution is 0.112. The van der Waals surface area contributed by atoms with Crippen LogP contribution < -0.4 is 0 Å². The quantitative estimate of drug-likeness (QED) is 0.664. The molecule has 0 N–H and O–H groups in total. The average Bonchev–Trinajstić information content (AvgIpc) is 3.12. The topological polar surface area (TPSA) is 35.5 Å². The van der Waals surface area contributed by atoms with Gasteiger partial charge < -0.3 is 9.05 Å². The highest BCUT2D eigenvalue weighted by Gasteiger charge is 2.42. The predicted octanol–water partition coefficient (Wildman–Crippen LogP) is 5.04. The van der Waals surface area contributed by atoms with E-state index in [-0.39, 0.29) is 17.9 Å². The Morgan fingerprint density at radius 2 is 1.00 bits per heavy atom. The van der Waals surface area contributed by atoms with Crippen LogP contribution in [0, 0.1) is 0 Å². The van der Waals surface area contributed by atoms with Gasteiger partial charge in [0, 0.05) is 0 Å². The number of hydrogen-bond acceptors (Lipinski definition) is 3. The molecule has 0 radical (unpaired) electrons. The van der Waals surface area contributed by atoms with E-state index in [0.717, 1.165) is 38.5 Å². The second-order valence-corrected chi connectivity index (χ2v) is 8.73. The fraction of sp³-hybridized carbons (Fsp3) is 1.00. The van der Waals surface area contributed by atoms with Crippen LogP contribution >= 0.6 is 7.60 Å². The minimum absolute atomic E-state index is 0.189. The Bertz CT molecular complexity index is 304. The summed E-state index contributed by atoms with van der Waals surface area (Å²) in [6, 6.07) is 0. The molecule has 3 nitrogen and oxygen atoms in total. The van der Waals surface area contributed by atoms with Crippen molar-refractivity contribution in [2.24, 2.45) is 0 Å². The molecule has 110 valence electrons. The summed E-state index contributed by atoms with van der Waals surface area (Å²) < 4.78 is 25.4. The zero-order valence-corrected chi connectivity index (χ0v) is 12.8. The van der Waals surface area contributed by atoms with Crippen LogP contribution in [0.5, 0.6) is 0 Å². The third-order valence-electron chi connectivity index (χ3n) is 4.97. The minimum atomic E-state index is -2.87. The van der Waals surface area contributed by atoms with Gasteiger partial charge in [0.05, 0.1) is 17.9 Å². The van der Waals surface area contributed by atoms with Gasteiger partial charge in [-0.25, -0.2) is 0 Å². The molecule has 3 aliphatic rings. The maximum Gasteiger partial charge on any atom is 0.334 e. The van der Waals surface area contributed by atoms with Gasteiger partial charge in [-0.1, -0.05) is 38.5 Å². The van der Waals surface area contributed by atoms with E-state index in [9.17, 15) is 4.57 Å². The van der Waals surface area contributed by atoms with Crippen LogP contribution in [-0.2, 0) is 13.6 Å². The Kier molecular flexibility index (Phi) is 4.66. The van der Waals surface area contributed by atoms with Crippen molar-refractivity contribution in [3.05, 3.63) is 0 Å². The Morgan fingerprint density at radius 1 is 0.632 bits per heavy atom. The first-order valence-corrected chi connectivity index (χ1v) is 9.84. The van der Waals surface area contributed by atoms with Gasteiger partial charge in [0.1, 0.15) is 0 Å². The molecular weight excluding hydrogens is 259 g/mol. The fourth-order valence-electron chi connectivity index (χ4n) is 3.82. The van der Waals surface area contributed by atoms with Crippen molar-refractivity contribution in [3.63, 3.8) is 0 Å². The Hall–Kier alpha value is 0.150. The van der Waals surface area contributed by atoms with E-state index in [1.165, 1.54) is 38.5 Å². The molecule has 3 aliphatic carbocycles. The highest BCUT2D eigenvalue weighted by atomic mass is 31.2. The molecule has 0 saturated heterocycles. The molecule has 0 unspecified atom stereocenters. The van der Waals surface area contributed by atoms with Gasteiger partial charge in [-0.15, -0.1) is 0 Å². The van der Waals surface area contributed by atoms with Crippen LogP contribution in [-0.4, -0.2) is 17.9 Å². The second kappa shape index (κ2) is 6.28. The van der Waals surface area contributed by atoms with Crippen molar-refractivity contribution in [1.29, 1.82) is 0 Å². The molecule has 0 aromatic carbocycles. The monoisotopic (exact) mass is 286 g/mol. The molecule has 0 aromatic rings. The van der Waals surface area contributed by atoms with Crippen molar-refractivity contribution in [3.8, 4) is 0 Å². The molecule has 0 spiro atoms. The summed E-state index contributed by atoms with van der Waals surface area (Å²) in [7, 11) is -2.87. The molecule has 3 rings (SSSR count). The first-order chi connectivity index (χ1) is 9.26. The highest BCUT2D eigenvalue weighted by Crippen LogP contribution is 2.61. The summed E-state index contributed by atoms with van der Waals surface area (Å²) in [5, 5.41) is 0. The van der Waals surface area contributed by atoms with Gasteiger partial charge in [0.2, 0.25) is 0 Å². The van der Waals surface area contributed by atoms with E-state index in [4.69, 9.17) is 9.05 Å². The third-order valence-corrected chi connectivity index (χ3v) is 7.56. The summed E-state index contributed by atoms with van der Waals surface area (Å²) in [4.78, 5) is 0. The molecule has 4 heteroatoms. The van der Waals surface area contributed by atoms with Crippen LogP contribution in [0.15, 0.2) is 0 Å². The summed E-state index contributed by atoms with van der Waals surface area (Å²) in [5.41, 5.74) is 0.189. The standard InChI is InChI=1S/C15H27O3P/c16-19(15-11-5-6-12-15,17-13-7-1-2-8-13)18-14-9-3-4-10-14/h13-15H,1-12H2. The van der Waals surface area contributed by atoms with Crippen LogP contribution in [0.2, 0.25) is 0 Å². The molecule has 3 saturated carbocycles. The van der Waals surface area contributed by atoms with Gasteiger partial charge in [-0.05, 0) is 38.5 Å². The first-order valence-electron chi connectivity index (χ1n) is 8.23. The largest absolute Gasteiger partial charge is 0.334 e. The van der Waals surface area contributed by atoms with E-state index in [1.807, 2.05) is 0 Å². The molecule has 0 atom stereocenters. The Balaban J connectivity index is 1.67. The Morgan fingerprint density at radius 3 is 1.42 bits per heavy atom. The van der Waals surface area contributed by atoms with Gasteiger partial charge >= 0.3 is 7.60 Å². The van der Waals surface area contributed by atoms with Crippen molar-refractivity contribution in [2.45, 2.75) is 94.9 Å². The maximum atomic E-state index is 13.3. The van der Waals surface area contributed by atoms with Crippen molar-refractivity contribution in [1.82, 2.24) is 0 Å². The van der Waals surface area contributed by atoms with Gasteiger partial charge in [-0.2, -0.15) is 0 Å². The average molecular weight is 286 g/mol. The molecule has 0 aromatic heterocycles. The zero-order chi connectivity index (χ0) is 13.1. The van der Waals surface area contributed by atoms with Crippen molar-refractivity contribution < 1.29 is 13.6 Å². The Labute approximate surface area is 117 Å². The fourth-order valence-corrected chi connectivity index (χ4v) is 6.46. The van der Waals surface area contributed by atoms with Gasteiger partial charge in [-0.3, -0.25) is 4.57 Å². The number of rotatable bonds is 5. The first kappa shape index (κ1) is 14.1. The normalized spacial score (nSPS) is 27.6. The molecule has 0 bridgehead atoms. The second-order valence-electron chi connectivity index (χ2n) is 6.50. The summed E-state index contributed by atoms with van der Waals surface area (Å²) in [6.45, 7) is 0. The SMILES string of the molecule is O=P(OC1CCCC1)(OC1CCCC1)C1CCCC1. The molecule has 0 aliphatic heterocycles.